The first kappa shape index (κ1) is 15.2. The molecule has 0 aliphatic carbocycles. The van der Waals surface area contributed by atoms with Crippen molar-refractivity contribution in [3.63, 3.8) is 0 Å². The Labute approximate surface area is 133 Å². The van der Waals surface area contributed by atoms with Crippen LogP contribution < -0.4 is 10.0 Å². The maximum atomic E-state index is 12.3. The van der Waals surface area contributed by atoms with Crippen molar-refractivity contribution in [3.05, 3.63) is 52.4 Å². The predicted molar refractivity (Wildman–Crippen MR) is 85.8 cm³/mol. The van der Waals surface area contributed by atoms with Crippen molar-refractivity contribution in [2.75, 3.05) is 13.1 Å². The molecule has 0 spiro atoms. The van der Waals surface area contributed by atoms with Crippen LogP contribution in [0.15, 0.2) is 40.6 Å². The second-order valence-corrected chi connectivity index (χ2v) is 8.49. The van der Waals surface area contributed by atoms with Crippen LogP contribution in [0.5, 0.6) is 0 Å². The number of hydrogen-bond donors (Lipinski definition) is 2. The quantitative estimate of drug-likeness (QED) is 0.895. The molecule has 22 heavy (non-hydrogen) atoms. The highest BCUT2D eigenvalue weighted by molar-refractivity contribution is 7.91. The van der Waals surface area contributed by atoms with Gasteiger partial charge in [-0.3, -0.25) is 4.79 Å². The van der Waals surface area contributed by atoms with E-state index in [9.17, 15) is 13.2 Å². The van der Waals surface area contributed by atoms with Crippen LogP contribution in [0.2, 0.25) is 0 Å². The van der Waals surface area contributed by atoms with Gasteiger partial charge in [-0.05, 0) is 30.7 Å². The summed E-state index contributed by atoms with van der Waals surface area (Å²) < 4.78 is 27.5. The van der Waals surface area contributed by atoms with Crippen molar-refractivity contribution in [1.29, 1.82) is 0 Å². The minimum Gasteiger partial charge on any atom is -0.351 e. The number of aryl methyl sites for hydroxylation is 1. The van der Waals surface area contributed by atoms with Gasteiger partial charge in [0.05, 0.1) is 0 Å². The Bertz CT molecular complexity index is 812. The SMILES string of the molecule is Cc1ccc(S(=O)(=O)NCC2CNC(=O)c3ccccc32)s1. The Hall–Kier alpha value is -1.70. The molecule has 0 radical (unpaired) electrons. The number of carbonyl (C=O) groups is 1. The van der Waals surface area contributed by atoms with Crippen molar-refractivity contribution >= 4 is 27.3 Å². The van der Waals surface area contributed by atoms with Gasteiger partial charge in [0.1, 0.15) is 4.21 Å². The number of thiophene rings is 1. The van der Waals surface area contributed by atoms with E-state index in [1.54, 1.807) is 24.3 Å². The lowest BCUT2D eigenvalue weighted by molar-refractivity contribution is 0.0940. The van der Waals surface area contributed by atoms with E-state index >= 15 is 0 Å². The molecule has 0 saturated heterocycles. The standard InChI is InChI=1S/C15H16N2O3S2/c1-10-6-7-14(21-10)22(19,20)17-9-11-8-16-15(18)13-5-3-2-4-12(11)13/h2-7,11,17H,8-9H2,1H3,(H,16,18). The van der Waals surface area contributed by atoms with Crippen molar-refractivity contribution < 1.29 is 13.2 Å². The summed E-state index contributed by atoms with van der Waals surface area (Å²) in [5.74, 6) is -0.173. The van der Waals surface area contributed by atoms with Gasteiger partial charge < -0.3 is 5.32 Å². The summed E-state index contributed by atoms with van der Waals surface area (Å²) >= 11 is 1.25. The van der Waals surface area contributed by atoms with Crippen molar-refractivity contribution in [3.8, 4) is 0 Å². The van der Waals surface area contributed by atoms with E-state index < -0.39 is 10.0 Å². The monoisotopic (exact) mass is 336 g/mol. The normalized spacial score (nSPS) is 17.9. The average molecular weight is 336 g/mol. The summed E-state index contributed by atoms with van der Waals surface area (Å²) in [5, 5.41) is 2.80. The van der Waals surface area contributed by atoms with E-state index in [-0.39, 0.29) is 18.4 Å². The molecule has 0 bridgehead atoms. The number of fused-ring (bicyclic) bond motifs is 1. The maximum Gasteiger partial charge on any atom is 0.251 e. The summed E-state index contributed by atoms with van der Waals surface area (Å²) in [6.45, 7) is 2.56. The number of rotatable bonds is 4. The van der Waals surface area contributed by atoms with E-state index in [1.165, 1.54) is 11.3 Å². The van der Waals surface area contributed by atoms with Crippen LogP contribution in [-0.4, -0.2) is 27.4 Å². The molecule has 1 amide bonds. The first-order valence-electron chi connectivity index (χ1n) is 6.90. The third-order valence-corrected chi connectivity index (χ3v) is 6.57. The number of carbonyl (C=O) groups excluding carboxylic acids is 1. The van der Waals surface area contributed by atoms with Gasteiger partial charge in [-0.25, -0.2) is 13.1 Å². The number of amides is 1. The van der Waals surface area contributed by atoms with Crippen LogP contribution in [0.25, 0.3) is 0 Å². The molecule has 1 aliphatic heterocycles. The van der Waals surface area contributed by atoms with E-state index in [4.69, 9.17) is 0 Å². The zero-order chi connectivity index (χ0) is 15.7. The minimum atomic E-state index is -3.50. The minimum absolute atomic E-state index is 0.0651. The molecule has 0 fully saturated rings. The van der Waals surface area contributed by atoms with E-state index in [0.29, 0.717) is 16.3 Å². The molecule has 0 saturated carbocycles. The van der Waals surface area contributed by atoms with Crippen LogP contribution in [0.1, 0.15) is 26.7 Å². The molecular weight excluding hydrogens is 320 g/mol. The summed E-state index contributed by atoms with van der Waals surface area (Å²) in [6, 6.07) is 10.7. The molecule has 7 heteroatoms. The Kier molecular flexibility index (Phi) is 4.03. The zero-order valence-electron chi connectivity index (χ0n) is 12.0. The second-order valence-electron chi connectivity index (χ2n) is 5.21. The van der Waals surface area contributed by atoms with Gasteiger partial charge in [-0.15, -0.1) is 11.3 Å². The van der Waals surface area contributed by atoms with E-state index in [1.807, 2.05) is 19.1 Å². The highest BCUT2D eigenvalue weighted by atomic mass is 32.2. The third kappa shape index (κ3) is 2.92. The molecule has 1 unspecified atom stereocenters. The maximum absolute atomic E-state index is 12.3. The molecule has 2 N–H and O–H groups in total. The van der Waals surface area contributed by atoms with Crippen LogP contribution in [0, 0.1) is 6.92 Å². The van der Waals surface area contributed by atoms with Gasteiger partial charge in [0, 0.05) is 29.4 Å². The topological polar surface area (TPSA) is 75.3 Å². The lowest BCUT2D eigenvalue weighted by atomic mass is 9.91. The third-order valence-electron chi connectivity index (χ3n) is 3.65. The Morgan fingerprint density at radius 3 is 2.77 bits per heavy atom. The number of nitrogens with one attached hydrogen (secondary N) is 2. The Morgan fingerprint density at radius 1 is 1.27 bits per heavy atom. The summed E-state index contributed by atoms with van der Waals surface area (Å²) in [7, 11) is -3.50. The van der Waals surface area contributed by atoms with Crippen LogP contribution >= 0.6 is 11.3 Å². The van der Waals surface area contributed by atoms with Gasteiger partial charge in [0.15, 0.2) is 0 Å². The first-order chi connectivity index (χ1) is 10.5. The molecular formula is C15H16N2O3S2. The van der Waals surface area contributed by atoms with Crippen LogP contribution in [0.3, 0.4) is 0 Å². The first-order valence-corrected chi connectivity index (χ1v) is 9.20. The molecule has 2 heterocycles. The average Bonchev–Trinajstić information content (AvgIpc) is 2.94. The molecule has 2 aromatic rings. The van der Waals surface area contributed by atoms with E-state index in [0.717, 1.165) is 10.4 Å². The number of hydrogen-bond acceptors (Lipinski definition) is 4. The fraction of sp³-hybridized carbons (Fsp3) is 0.267. The van der Waals surface area contributed by atoms with Gasteiger partial charge in [-0.2, -0.15) is 0 Å². The van der Waals surface area contributed by atoms with Crippen molar-refractivity contribution in [2.24, 2.45) is 0 Å². The fourth-order valence-electron chi connectivity index (χ4n) is 2.50. The molecule has 3 rings (SSSR count). The number of sulfonamides is 1. The number of benzene rings is 1. The van der Waals surface area contributed by atoms with Crippen LogP contribution in [0.4, 0.5) is 0 Å². The van der Waals surface area contributed by atoms with Gasteiger partial charge >= 0.3 is 0 Å². The Morgan fingerprint density at radius 2 is 2.05 bits per heavy atom. The molecule has 1 aromatic carbocycles. The summed E-state index contributed by atoms with van der Waals surface area (Å²) in [5.41, 5.74) is 1.50. The summed E-state index contributed by atoms with van der Waals surface area (Å²) in [6.07, 6.45) is 0. The highest BCUT2D eigenvalue weighted by Crippen LogP contribution is 2.25. The van der Waals surface area contributed by atoms with Gasteiger partial charge in [-0.1, -0.05) is 18.2 Å². The molecule has 1 aromatic heterocycles. The predicted octanol–water partition coefficient (Wildman–Crippen LogP) is 1.86. The molecule has 1 atom stereocenters. The summed E-state index contributed by atoms with van der Waals surface area (Å²) in [4.78, 5) is 12.8. The lowest BCUT2D eigenvalue weighted by Crippen LogP contribution is -2.40. The Balaban J connectivity index is 1.78. The van der Waals surface area contributed by atoms with E-state index in [2.05, 4.69) is 10.0 Å². The lowest BCUT2D eigenvalue weighted by Gasteiger charge is -2.25. The highest BCUT2D eigenvalue weighted by Gasteiger charge is 2.26. The smallest absolute Gasteiger partial charge is 0.251 e. The molecule has 116 valence electrons. The van der Waals surface area contributed by atoms with Crippen molar-refractivity contribution in [2.45, 2.75) is 17.1 Å². The van der Waals surface area contributed by atoms with Gasteiger partial charge in [0.25, 0.3) is 5.91 Å². The van der Waals surface area contributed by atoms with Crippen molar-refractivity contribution in [1.82, 2.24) is 10.0 Å². The largest absolute Gasteiger partial charge is 0.351 e. The van der Waals surface area contributed by atoms with Gasteiger partial charge in [0.2, 0.25) is 10.0 Å². The zero-order valence-corrected chi connectivity index (χ0v) is 13.6. The second kappa shape index (κ2) is 5.83. The fourth-order valence-corrected chi connectivity index (χ4v) is 4.91. The van der Waals surface area contributed by atoms with Crippen LogP contribution in [-0.2, 0) is 10.0 Å². The molecule has 5 nitrogen and oxygen atoms in total. The molecule has 1 aliphatic rings.